The molecule has 0 saturated heterocycles. The van der Waals surface area contributed by atoms with Gasteiger partial charge in [0.15, 0.2) is 0 Å². The van der Waals surface area contributed by atoms with Crippen molar-refractivity contribution in [2.45, 2.75) is 71.1 Å². The first kappa shape index (κ1) is 14.6. The molecular formula is C21H30O. The molecule has 0 aliphatic heterocycles. The highest BCUT2D eigenvalue weighted by molar-refractivity contribution is 5.40. The molecule has 3 aliphatic carbocycles. The molecule has 0 heterocycles. The number of benzene rings is 1. The van der Waals surface area contributed by atoms with Gasteiger partial charge in [-0.3, -0.25) is 0 Å². The quantitative estimate of drug-likeness (QED) is 0.746. The van der Waals surface area contributed by atoms with Gasteiger partial charge in [-0.1, -0.05) is 32.8 Å². The van der Waals surface area contributed by atoms with E-state index in [0.29, 0.717) is 11.2 Å². The lowest BCUT2D eigenvalue weighted by atomic mass is 9.54. The predicted octanol–water partition coefficient (Wildman–Crippen LogP) is 5.66. The number of phenolic OH excluding ortho intramolecular Hbond substituents is 1. The topological polar surface area (TPSA) is 20.2 Å². The van der Waals surface area contributed by atoms with Gasteiger partial charge in [-0.2, -0.15) is 0 Å². The fourth-order valence-electron chi connectivity index (χ4n) is 6.50. The van der Waals surface area contributed by atoms with Gasteiger partial charge in [-0.25, -0.2) is 0 Å². The molecule has 5 atom stereocenters. The van der Waals surface area contributed by atoms with Gasteiger partial charge in [0, 0.05) is 0 Å². The smallest absolute Gasteiger partial charge is 0.115 e. The number of hydrogen-bond acceptors (Lipinski definition) is 1. The molecule has 1 aromatic carbocycles. The van der Waals surface area contributed by atoms with Gasteiger partial charge in [-0.15, -0.1) is 0 Å². The van der Waals surface area contributed by atoms with E-state index in [9.17, 15) is 5.11 Å². The molecule has 22 heavy (non-hydrogen) atoms. The second-order valence-electron chi connectivity index (χ2n) is 8.41. The molecule has 2 fully saturated rings. The fraction of sp³-hybridized carbons (Fsp3) is 0.714. The maximum atomic E-state index is 9.77. The highest BCUT2D eigenvalue weighted by Crippen LogP contribution is 2.63. The molecule has 0 radical (unpaired) electrons. The van der Waals surface area contributed by atoms with E-state index in [1.165, 1.54) is 56.9 Å². The van der Waals surface area contributed by atoms with E-state index in [-0.39, 0.29) is 0 Å². The summed E-state index contributed by atoms with van der Waals surface area (Å²) in [6, 6.07) is 6.15. The van der Waals surface area contributed by atoms with E-state index in [4.69, 9.17) is 0 Å². The Bertz CT molecular complexity index is 563. The standard InChI is InChI=1S/C21H30O/c1-3-4-15-6-10-20-19-8-5-14-13-16(22)7-9-17(14)18(19)11-12-21(15,20)2/h7,9,13,15,18-20,22H,3-6,8,10-12H2,1-2H3. The molecule has 1 aromatic rings. The summed E-state index contributed by atoms with van der Waals surface area (Å²) in [4.78, 5) is 0. The zero-order chi connectivity index (χ0) is 15.3. The maximum absolute atomic E-state index is 9.77. The Kier molecular flexibility index (Phi) is 3.51. The summed E-state index contributed by atoms with van der Waals surface area (Å²) >= 11 is 0. The Morgan fingerprint density at radius 2 is 2.05 bits per heavy atom. The maximum Gasteiger partial charge on any atom is 0.115 e. The molecule has 0 aromatic heterocycles. The molecule has 2 saturated carbocycles. The third kappa shape index (κ3) is 2.04. The van der Waals surface area contributed by atoms with Crippen LogP contribution in [0.3, 0.4) is 0 Å². The minimum absolute atomic E-state index is 0.446. The van der Waals surface area contributed by atoms with Crippen molar-refractivity contribution >= 4 is 0 Å². The van der Waals surface area contributed by atoms with E-state index >= 15 is 0 Å². The van der Waals surface area contributed by atoms with Gasteiger partial charge < -0.3 is 5.11 Å². The van der Waals surface area contributed by atoms with Crippen molar-refractivity contribution in [2.75, 3.05) is 0 Å². The summed E-state index contributed by atoms with van der Waals surface area (Å²) < 4.78 is 0. The third-order valence-electron chi connectivity index (χ3n) is 7.54. The summed E-state index contributed by atoms with van der Waals surface area (Å²) in [5.74, 6) is 4.04. The van der Waals surface area contributed by atoms with Crippen molar-refractivity contribution in [3.8, 4) is 5.75 Å². The highest BCUT2D eigenvalue weighted by atomic mass is 16.3. The largest absolute Gasteiger partial charge is 0.508 e. The fourth-order valence-corrected chi connectivity index (χ4v) is 6.50. The Balaban J connectivity index is 1.64. The zero-order valence-electron chi connectivity index (χ0n) is 14.1. The summed E-state index contributed by atoms with van der Waals surface area (Å²) in [5, 5.41) is 9.77. The molecule has 0 amide bonds. The molecule has 5 unspecified atom stereocenters. The van der Waals surface area contributed by atoms with Crippen LogP contribution in [0.1, 0.15) is 75.8 Å². The van der Waals surface area contributed by atoms with E-state index < -0.39 is 0 Å². The van der Waals surface area contributed by atoms with Crippen LogP contribution in [-0.2, 0) is 6.42 Å². The molecule has 1 nitrogen and oxygen atoms in total. The van der Waals surface area contributed by atoms with Crippen molar-refractivity contribution in [3.63, 3.8) is 0 Å². The van der Waals surface area contributed by atoms with Crippen LogP contribution in [-0.4, -0.2) is 5.11 Å². The Morgan fingerprint density at radius 1 is 1.18 bits per heavy atom. The van der Waals surface area contributed by atoms with Crippen molar-refractivity contribution in [1.29, 1.82) is 0 Å². The second-order valence-corrected chi connectivity index (χ2v) is 8.41. The normalized spacial score (nSPS) is 39.9. The number of aryl methyl sites for hydroxylation is 1. The first-order valence-electron chi connectivity index (χ1n) is 9.45. The Hall–Kier alpha value is -0.980. The first-order valence-corrected chi connectivity index (χ1v) is 9.45. The van der Waals surface area contributed by atoms with Crippen LogP contribution in [0.15, 0.2) is 18.2 Å². The summed E-state index contributed by atoms with van der Waals surface area (Å²) in [5.41, 5.74) is 3.61. The minimum Gasteiger partial charge on any atom is -0.508 e. The van der Waals surface area contributed by atoms with E-state index in [0.717, 1.165) is 23.7 Å². The van der Waals surface area contributed by atoms with Gasteiger partial charge in [-0.05, 0) is 90.9 Å². The van der Waals surface area contributed by atoms with Crippen molar-refractivity contribution in [3.05, 3.63) is 29.3 Å². The number of phenols is 1. The third-order valence-corrected chi connectivity index (χ3v) is 7.54. The molecule has 4 rings (SSSR count). The van der Waals surface area contributed by atoms with Crippen molar-refractivity contribution in [2.24, 2.45) is 23.2 Å². The lowest BCUT2D eigenvalue weighted by Gasteiger charge is -2.51. The number of aromatic hydroxyl groups is 1. The van der Waals surface area contributed by atoms with E-state index in [1.54, 1.807) is 5.56 Å². The number of hydrogen-bond donors (Lipinski definition) is 1. The molecule has 1 N–H and O–H groups in total. The minimum atomic E-state index is 0.446. The molecule has 1 heteroatoms. The zero-order valence-corrected chi connectivity index (χ0v) is 14.1. The average molecular weight is 298 g/mol. The van der Waals surface area contributed by atoms with E-state index in [1.807, 2.05) is 12.1 Å². The van der Waals surface area contributed by atoms with Crippen molar-refractivity contribution in [1.82, 2.24) is 0 Å². The summed E-state index contributed by atoms with van der Waals surface area (Å²) in [6.45, 7) is 4.97. The monoisotopic (exact) mass is 298 g/mol. The van der Waals surface area contributed by atoms with Gasteiger partial charge in [0.05, 0.1) is 0 Å². The van der Waals surface area contributed by atoms with Gasteiger partial charge in [0.1, 0.15) is 5.75 Å². The second kappa shape index (κ2) is 5.28. The number of fused-ring (bicyclic) bond motifs is 5. The lowest BCUT2D eigenvalue weighted by molar-refractivity contribution is 0.0257. The first-order chi connectivity index (χ1) is 10.6. The van der Waals surface area contributed by atoms with Crippen LogP contribution in [0.5, 0.6) is 5.75 Å². The van der Waals surface area contributed by atoms with Crippen molar-refractivity contribution < 1.29 is 5.11 Å². The molecule has 120 valence electrons. The summed E-state index contributed by atoms with van der Waals surface area (Å²) in [6.07, 6.45) is 11.0. The Labute approximate surface area is 135 Å². The van der Waals surface area contributed by atoms with Crippen LogP contribution in [0.25, 0.3) is 0 Å². The molecular weight excluding hydrogens is 268 g/mol. The van der Waals surface area contributed by atoms with Crippen LogP contribution in [0, 0.1) is 23.2 Å². The lowest BCUT2D eigenvalue weighted by Crippen LogP contribution is -2.42. The van der Waals surface area contributed by atoms with Crippen LogP contribution < -0.4 is 0 Å². The average Bonchev–Trinajstić information content (AvgIpc) is 2.84. The van der Waals surface area contributed by atoms with E-state index in [2.05, 4.69) is 19.9 Å². The molecule has 0 bridgehead atoms. The van der Waals surface area contributed by atoms with Crippen LogP contribution in [0.2, 0.25) is 0 Å². The van der Waals surface area contributed by atoms with Crippen LogP contribution in [0.4, 0.5) is 0 Å². The Morgan fingerprint density at radius 3 is 2.86 bits per heavy atom. The van der Waals surface area contributed by atoms with Gasteiger partial charge >= 0.3 is 0 Å². The molecule has 3 aliphatic rings. The number of rotatable bonds is 2. The van der Waals surface area contributed by atoms with Crippen LogP contribution >= 0.6 is 0 Å². The summed E-state index contributed by atoms with van der Waals surface area (Å²) in [7, 11) is 0. The van der Waals surface area contributed by atoms with Gasteiger partial charge in [0.25, 0.3) is 0 Å². The highest BCUT2D eigenvalue weighted by Gasteiger charge is 2.54. The van der Waals surface area contributed by atoms with Gasteiger partial charge in [0.2, 0.25) is 0 Å². The molecule has 0 spiro atoms. The predicted molar refractivity (Wildman–Crippen MR) is 91.1 cm³/mol. The SMILES string of the molecule is CCCC1CCC2C3CCc4cc(O)ccc4C3CCC12C.